The molecule has 1 atom stereocenters. The molecule has 0 aliphatic carbocycles. The lowest BCUT2D eigenvalue weighted by atomic mass is 9.95. The number of nitrogens with one attached hydrogen (secondary N) is 1. The summed E-state index contributed by atoms with van der Waals surface area (Å²) < 4.78 is 76.0. The van der Waals surface area contributed by atoms with E-state index in [0.29, 0.717) is 30.8 Å². The number of ether oxygens (including phenoxy) is 1. The first-order valence-corrected chi connectivity index (χ1v) is 14.7. The number of likely N-dealkylation sites (N-methyl/N-ethyl adjacent to an activating group) is 1. The number of halogens is 5. The molecule has 1 fully saturated rings. The van der Waals surface area contributed by atoms with E-state index in [2.05, 4.69) is 19.9 Å². The largest absolute Gasteiger partial charge is 0.452 e. The average Bonchev–Trinajstić information content (AvgIpc) is 3.44. The van der Waals surface area contributed by atoms with Gasteiger partial charge in [0.1, 0.15) is 18.1 Å². The Morgan fingerprint density at radius 2 is 1.87 bits per heavy atom. The van der Waals surface area contributed by atoms with Crippen LogP contribution in [0.25, 0.3) is 11.0 Å². The predicted octanol–water partition coefficient (Wildman–Crippen LogP) is 5.81. The van der Waals surface area contributed by atoms with Gasteiger partial charge in [-0.3, -0.25) is 14.7 Å². The van der Waals surface area contributed by atoms with Crippen molar-refractivity contribution in [3.8, 4) is 11.5 Å². The highest BCUT2D eigenvalue weighted by Gasteiger charge is 2.35. The number of aromatic amines is 1. The van der Waals surface area contributed by atoms with Gasteiger partial charge in [0.2, 0.25) is 5.91 Å². The molecule has 0 saturated carbocycles. The maximum Gasteiger partial charge on any atom is 0.416 e. The number of benzene rings is 1. The molecule has 45 heavy (non-hydrogen) atoms. The molecule has 8 nitrogen and oxygen atoms in total. The normalized spacial score (nSPS) is 17.9. The lowest BCUT2D eigenvalue weighted by Gasteiger charge is -2.33. The van der Waals surface area contributed by atoms with Gasteiger partial charge in [0, 0.05) is 57.4 Å². The van der Waals surface area contributed by atoms with E-state index in [1.54, 1.807) is 17.0 Å². The molecule has 1 aromatic carbocycles. The van der Waals surface area contributed by atoms with Crippen LogP contribution in [0.3, 0.4) is 0 Å². The van der Waals surface area contributed by atoms with Crippen LogP contribution in [-0.2, 0) is 37.2 Å². The Morgan fingerprint density at radius 3 is 2.60 bits per heavy atom. The summed E-state index contributed by atoms with van der Waals surface area (Å²) in [6.45, 7) is 4.83. The Labute approximate surface area is 256 Å². The molecule has 238 valence electrons. The van der Waals surface area contributed by atoms with Gasteiger partial charge in [0.25, 0.3) is 0 Å². The topological polar surface area (TPSA) is 77.6 Å². The predicted molar refractivity (Wildman–Crippen MR) is 157 cm³/mol. The highest BCUT2D eigenvalue weighted by Crippen LogP contribution is 2.36. The van der Waals surface area contributed by atoms with Crippen LogP contribution >= 0.6 is 0 Å². The Bertz CT molecular complexity index is 1720. The van der Waals surface area contributed by atoms with Gasteiger partial charge < -0.3 is 19.5 Å². The number of alkyl halides is 4. The summed E-state index contributed by atoms with van der Waals surface area (Å²) in [4.78, 5) is 30.4. The number of hydrogen-bond acceptors (Lipinski definition) is 6. The SMILES string of the molecule is C[C@H]1CN(C(=O)Cc2ccc(CN3CCN(C)CC3)c(C(F)(F)F)c2)Cc2cc(Oc3c(F)cnc4[nH]c(CF)cc34)cnc21. The Hall–Kier alpha value is -4.10. The molecule has 6 rings (SSSR count). The molecule has 13 heteroatoms. The van der Waals surface area contributed by atoms with E-state index in [-0.39, 0.29) is 65.1 Å². The molecule has 0 bridgehead atoms. The van der Waals surface area contributed by atoms with Crippen molar-refractivity contribution in [3.63, 3.8) is 0 Å². The summed E-state index contributed by atoms with van der Waals surface area (Å²) in [6.07, 6.45) is -2.29. The molecule has 4 aromatic rings. The number of amides is 1. The van der Waals surface area contributed by atoms with Gasteiger partial charge >= 0.3 is 6.18 Å². The van der Waals surface area contributed by atoms with Gasteiger partial charge in [-0.15, -0.1) is 0 Å². The number of hydrogen-bond donors (Lipinski definition) is 1. The minimum absolute atomic E-state index is 0.133. The fraction of sp³-hybridized carbons (Fsp3) is 0.406. The number of carbonyl (C=O) groups is 1. The monoisotopic (exact) mass is 628 g/mol. The molecular formula is C32H33F5N6O2. The van der Waals surface area contributed by atoms with Crippen LogP contribution in [-0.4, -0.2) is 75.3 Å². The van der Waals surface area contributed by atoms with Gasteiger partial charge in [-0.2, -0.15) is 13.2 Å². The third kappa shape index (κ3) is 6.64. The fourth-order valence-electron chi connectivity index (χ4n) is 6.05. The first-order chi connectivity index (χ1) is 21.5. The minimum atomic E-state index is -4.55. The summed E-state index contributed by atoms with van der Waals surface area (Å²) in [5.74, 6) is -1.11. The van der Waals surface area contributed by atoms with Crippen molar-refractivity contribution in [2.24, 2.45) is 0 Å². The van der Waals surface area contributed by atoms with Crippen LogP contribution in [0.1, 0.15) is 46.5 Å². The fourth-order valence-corrected chi connectivity index (χ4v) is 6.05. The number of H-pyrrole nitrogens is 1. The van der Waals surface area contributed by atoms with Crippen molar-refractivity contribution in [2.45, 2.75) is 45.2 Å². The molecule has 0 radical (unpaired) electrons. The molecule has 2 aliphatic heterocycles. The van der Waals surface area contributed by atoms with E-state index in [9.17, 15) is 26.7 Å². The van der Waals surface area contributed by atoms with Crippen molar-refractivity contribution < 1.29 is 31.5 Å². The Morgan fingerprint density at radius 1 is 1.09 bits per heavy atom. The van der Waals surface area contributed by atoms with Crippen LogP contribution in [0.5, 0.6) is 11.5 Å². The maximum atomic E-state index is 14.7. The number of nitrogens with zero attached hydrogens (tertiary/aromatic N) is 5. The maximum absolute atomic E-state index is 14.7. The summed E-state index contributed by atoms with van der Waals surface area (Å²) >= 11 is 0. The number of carbonyl (C=O) groups excluding carboxylic acids is 1. The third-order valence-corrected chi connectivity index (χ3v) is 8.46. The van der Waals surface area contributed by atoms with Crippen LogP contribution in [0.2, 0.25) is 0 Å². The smallest absolute Gasteiger partial charge is 0.416 e. The lowest BCUT2D eigenvalue weighted by Crippen LogP contribution is -2.44. The number of pyridine rings is 2. The quantitative estimate of drug-likeness (QED) is 0.260. The van der Waals surface area contributed by atoms with Crippen molar-refractivity contribution in [3.05, 3.63) is 82.2 Å². The van der Waals surface area contributed by atoms with Gasteiger partial charge in [0.15, 0.2) is 11.6 Å². The van der Waals surface area contributed by atoms with Gasteiger partial charge in [0.05, 0.1) is 35.5 Å². The van der Waals surface area contributed by atoms with E-state index in [0.717, 1.165) is 31.0 Å². The zero-order chi connectivity index (χ0) is 31.9. The summed E-state index contributed by atoms with van der Waals surface area (Å²) in [5, 5.41) is 0.276. The van der Waals surface area contributed by atoms with Crippen molar-refractivity contribution in [1.29, 1.82) is 0 Å². The van der Waals surface area contributed by atoms with Crippen LogP contribution in [0, 0.1) is 5.82 Å². The molecular weight excluding hydrogens is 595 g/mol. The summed E-state index contributed by atoms with van der Waals surface area (Å²) in [7, 11) is 1.99. The number of fused-ring (bicyclic) bond motifs is 2. The second-order valence-corrected chi connectivity index (χ2v) is 11.9. The number of rotatable bonds is 7. The lowest BCUT2D eigenvalue weighted by molar-refractivity contribution is -0.138. The minimum Gasteiger partial charge on any atom is -0.452 e. The van der Waals surface area contributed by atoms with Gasteiger partial charge in [-0.25, -0.2) is 13.8 Å². The van der Waals surface area contributed by atoms with Crippen LogP contribution in [0.4, 0.5) is 22.0 Å². The van der Waals surface area contributed by atoms with Gasteiger partial charge in [-0.05, 0) is 41.9 Å². The van der Waals surface area contributed by atoms with E-state index < -0.39 is 24.2 Å². The van der Waals surface area contributed by atoms with E-state index in [1.165, 1.54) is 18.3 Å². The highest BCUT2D eigenvalue weighted by atomic mass is 19.4. The van der Waals surface area contributed by atoms with Crippen molar-refractivity contribution in [1.82, 2.24) is 29.7 Å². The second kappa shape index (κ2) is 12.4. The van der Waals surface area contributed by atoms with E-state index in [4.69, 9.17) is 4.74 Å². The standard InChI is InChI=1S/C32H33F5N6O2/c1-19-16-43(28(44)10-20-3-4-21(26(9-20)32(35,36)37)17-42-7-5-41(2)6-8-42)18-22-11-24(14-38-29(19)22)45-30-25-12-23(13-33)40-31(25)39-15-27(30)34/h3-4,9,11-12,14-15,19H,5-8,10,13,16-18H2,1-2H3,(H,39,40)/t19-/m0/s1. The summed E-state index contributed by atoms with van der Waals surface area (Å²) in [5.41, 5.74) is 1.71. The third-order valence-electron chi connectivity index (χ3n) is 8.46. The zero-order valence-corrected chi connectivity index (χ0v) is 24.9. The second-order valence-electron chi connectivity index (χ2n) is 11.9. The van der Waals surface area contributed by atoms with Gasteiger partial charge in [-0.1, -0.05) is 19.1 Å². The van der Waals surface area contributed by atoms with Crippen molar-refractivity contribution in [2.75, 3.05) is 39.8 Å². The molecule has 0 unspecified atom stereocenters. The number of aromatic nitrogens is 3. The molecule has 2 aliphatic rings. The molecule has 0 spiro atoms. The van der Waals surface area contributed by atoms with Crippen LogP contribution < -0.4 is 4.74 Å². The Kier molecular flexibility index (Phi) is 8.49. The Balaban J connectivity index is 1.18. The summed E-state index contributed by atoms with van der Waals surface area (Å²) in [6, 6.07) is 7.28. The molecule has 3 aromatic heterocycles. The zero-order valence-electron chi connectivity index (χ0n) is 24.9. The van der Waals surface area contributed by atoms with E-state index in [1.807, 2.05) is 18.9 Å². The van der Waals surface area contributed by atoms with E-state index >= 15 is 0 Å². The van der Waals surface area contributed by atoms with Crippen LogP contribution in [0.15, 0.2) is 42.7 Å². The van der Waals surface area contributed by atoms with Crippen molar-refractivity contribution >= 4 is 16.9 Å². The number of piperazine rings is 1. The highest BCUT2D eigenvalue weighted by molar-refractivity contribution is 5.84. The molecule has 1 N–H and O–H groups in total. The first kappa shape index (κ1) is 30.9. The molecule has 1 amide bonds. The first-order valence-electron chi connectivity index (χ1n) is 14.7. The molecule has 1 saturated heterocycles. The molecule has 5 heterocycles. The average molecular weight is 629 g/mol.